The van der Waals surface area contributed by atoms with Crippen LogP contribution in [-0.4, -0.2) is 13.1 Å². The van der Waals surface area contributed by atoms with Gasteiger partial charge in [0.25, 0.3) is 6.47 Å². The Balaban J connectivity index is 1.57. The lowest BCUT2D eigenvalue weighted by Crippen LogP contribution is -2.13. The summed E-state index contributed by atoms with van der Waals surface area (Å²) in [4.78, 5) is 10.3. The van der Waals surface area contributed by atoms with Crippen molar-refractivity contribution in [3.63, 3.8) is 0 Å². The Morgan fingerprint density at radius 3 is 2.42 bits per heavy atom. The smallest absolute Gasteiger partial charge is 0.293 e. The van der Waals surface area contributed by atoms with Gasteiger partial charge in [-0.1, -0.05) is 18.6 Å². The van der Waals surface area contributed by atoms with E-state index in [4.69, 9.17) is 4.74 Å². The Labute approximate surface area is 116 Å². The Bertz CT molecular complexity index is 349. The first-order valence-corrected chi connectivity index (χ1v) is 7.94. The van der Waals surface area contributed by atoms with Crippen molar-refractivity contribution in [2.24, 2.45) is 23.2 Å². The molecule has 0 N–H and O–H groups in total. The summed E-state index contributed by atoms with van der Waals surface area (Å²) in [6.07, 6.45) is 13.4. The second-order valence-corrected chi connectivity index (χ2v) is 7.36. The Morgan fingerprint density at radius 1 is 1.21 bits per heavy atom. The molecular weight excluding hydrogens is 236 g/mol. The number of hydrogen-bond acceptors (Lipinski definition) is 2. The minimum atomic E-state index is 0.464. The van der Waals surface area contributed by atoms with Gasteiger partial charge in [-0.15, -0.1) is 0 Å². The lowest BCUT2D eigenvalue weighted by atomic mass is 9.83. The number of carbonyl (C=O) groups excluding carboxylic acids is 1. The van der Waals surface area contributed by atoms with E-state index in [1.54, 1.807) is 5.57 Å². The van der Waals surface area contributed by atoms with E-state index in [9.17, 15) is 4.79 Å². The van der Waals surface area contributed by atoms with Crippen LogP contribution in [0, 0.1) is 23.2 Å². The van der Waals surface area contributed by atoms with Crippen molar-refractivity contribution in [1.29, 1.82) is 0 Å². The summed E-state index contributed by atoms with van der Waals surface area (Å²) in [7, 11) is 0. The molecule has 0 aromatic carbocycles. The molecule has 2 nitrogen and oxygen atoms in total. The molecule has 106 valence electrons. The molecule has 0 aliphatic heterocycles. The summed E-state index contributed by atoms with van der Waals surface area (Å²) in [5.74, 6) is 2.39. The first-order valence-electron chi connectivity index (χ1n) is 7.94. The molecule has 0 saturated heterocycles. The maximum absolute atomic E-state index is 10.3. The zero-order valence-electron chi connectivity index (χ0n) is 12.1. The van der Waals surface area contributed by atoms with E-state index in [-0.39, 0.29) is 0 Å². The van der Waals surface area contributed by atoms with Crippen molar-refractivity contribution in [1.82, 2.24) is 0 Å². The standard InChI is InChI=1S/C17H26O2/c1-17(8-13-4-2-3-5-13)9-15-6-14(11-19-12-18)7-16(15)10-17/h8,12,14-16H,2-7,9-11H2,1H3. The van der Waals surface area contributed by atoms with Crippen LogP contribution in [0.3, 0.4) is 0 Å². The van der Waals surface area contributed by atoms with Crippen molar-refractivity contribution in [3.8, 4) is 0 Å². The first kappa shape index (κ1) is 13.2. The van der Waals surface area contributed by atoms with Gasteiger partial charge < -0.3 is 4.74 Å². The predicted molar refractivity (Wildman–Crippen MR) is 75.6 cm³/mol. The summed E-state index contributed by atoms with van der Waals surface area (Å²) >= 11 is 0. The van der Waals surface area contributed by atoms with E-state index in [0.29, 0.717) is 24.4 Å². The summed E-state index contributed by atoms with van der Waals surface area (Å²) in [6.45, 7) is 3.71. The van der Waals surface area contributed by atoms with Gasteiger partial charge in [0.15, 0.2) is 0 Å². The fourth-order valence-electron chi connectivity index (χ4n) is 5.01. The molecule has 0 amide bonds. The van der Waals surface area contributed by atoms with Gasteiger partial charge in [-0.2, -0.15) is 0 Å². The Kier molecular flexibility index (Phi) is 3.68. The van der Waals surface area contributed by atoms with Crippen molar-refractivity contribution in [3.05, 3.63) is 11.6 Å². The average Bonchev–Trinajstić information content (AvgIpc) is 3.02. The summed E-state index contributed by atoms with van der Waals surface area (Å²) in [5, 5.41) is 0. The molecule has 0 aromatic heterocycles. The van der Waals surface area contributed by atoms with Gasteiger partial charge in [0.2, 0.25) is 0 Å². The van der Waals surface area contributed by atoms with E-state index < -0.39 is 0 Å². The number of carbonyl (C=O) groups is 1. The molecule has 3 aliphatic rings. The molecule has 0 aromatic rings. The van der Waals surface area contributed by atoms with Gasteiger partial charge in [-0.25, -0.2) is 0 Å². The van der Waals surface area contributed by atoms with Crippen LogP contribution in [0.4, 0.5) is 0 Å². The fraction of sp³-hybridized carbons (Fsp3) is 0.824. The second-order valence-electron chi connectivity index (χ2n) is 7.36. The largest absolute Gasteiger partial charge is 0.468 e. The van der Waals surface area contributed by atoms with Gasteiger partial charge in [0.05, 0.1) is 6.61 Å². The van der Waals surface area contributed by atoms with Crippen LogP contribution in [0.15, 0.2) is 11.6 Å². The summed E-state index contributed by atoms with van der Waals surface area (Å²) in [5.41, 5.74) is 2.19. The van der Waals surface area contributed by atoms with Crippen molar-refractivity contribution in [2.45, 2.75) is 58.3 Å². The van der Waals surface area contributed by atoms with E-state index in [2.05, 4.69) is 13.0 Å². The Hall–Kier alpha value is -0.790. The zero-order valence-corrected chi connectivity index (χ0v) is 12.1. The van der Waals surface area contributed by atoms with Crippen molar-refractivity contribution < 1.29 is 9.53 Å². The highest BCUT2D eigenvalue weighted by Crippen LogP contribution is 2.55. The number of ether oxygens (including phenoxy) is 1. The summed E-state index contributed by atoms with van der Waals surface area (Å²) in [6, 6.07) is 0. The third-order valence-electron chi connectivity index (χ3n) is 5.59. The topological polar surface area (TPSA) is 26.3 Å². The monoisotopic (exact) mass is 262 g/mol. The molecule has 0 bridgehead atoms. The van der Waals surface area contributed by atoms with Gasteiger partial charge >= 0.3 is 0 Å². The van der Waals surface area contributed by atoms with E-state index >= 15 is 0 Å². The number of rotatable bonds is 4. The zero-order chi connectivity index (χ0) is 13.3. The van der Waals surface area contributed by atoms with Crippen LogP contribution in [0.1, 0.15) is 58.3 Å². The summed E-state index contributed by atoms with van der Waals surface area (Å²) < 4.78 is 4.95. The van der Waals surface area contributed by atoms with E-state index in [0.717, 1.165) is 11.8 Å². The quantitative estimate of drug-likeness (QED) is 0.563. The number of hydrogen-bond donors (Lipinski definition) is 0. The molecule has 0 heterocycles. The van der Waals surface area contributed by atoms with E-state index in [1.165, 1.54) is 51.4 Å². The van der Waals surface area contributed by atoms with Crippen LogP contribution < -0.4 is 0 Å². The van der Waals surface area contributed by atoms with Crippen LogP contribution in [0.5, 0.6) is 0 Å². The van der Waals surface area contributed by atoms with Gasteiger partial charge in [0.1, 0.15) is 0 Å². The highest BCUT2D eigenvalue weighted by atomic mass is 16.5. The third kappa shape index (κ3) is 2.88. The van der Waals surface area contributed by atoms with Crippen LogP contribution in [0.25, 0.3) is 0 Å². The maximum atomic E-state index is 10.3. The number of allylic oxidation sites excluding steroid dienone is 2. The lowest BCUT2D eigenvalue weighted by Gasteiger charge is -2.23. The molecule has 3 saturated carbocycles. The van der Waals surface area contributed by atoms with Crippen molar-refractivity contribution >= 4 is 6.47 Å². The van der Waals surface area contributed by atoms with Gasteiger partial charge in [0, 0.05) is 0 Å². The molecule has 19 heavy (non-hydrogen) atoms. The molecule has 2 atom stereocenters. The maximum Gasteiger partial charge on any atom is 0.293 e. The molecule has 3 rings (SSSR count). The SMILES string of the molecule is CC1(C=C2CCCC2)CC2CC(COC=O)CC2C1. The second kappa shape index (κ2) is 5.30. The average molecular weight is 262 g/mol. The normalized spacial score (nSPS) is 41.3. The van der Waals surface area contributed by atoms with Crippen molar-refractivity contribution in [2.75, 3.05) is 6.61 Å². The lowest BCUT2D eigenvalue weighted by molar-refractivity contribution is -0.129. The van der Waals surface area contributed by atoms with Crippen LogP contribution in [0.2, 0.25) is 0 Å². The molecule has 3 fully saturated rings. The van der Waals surface area contributed by atoms with Crippen LogP contribution in [-0.2, 0) is 9.53 Å². The highest BCUT2D eigenvalue weighted by molar-refractivity contribution is 5.36. The predicted octanol–water partition coefficient (Wildman–Crippen LogP) is 4.10. The Morgan fingerprint density at radius 2 is 1.84 bits per heavy atom. The molecule has 2 unspecified atom stereocenters. The highest BCUT2D eigenvalue weighted by Gasteiger charge is 2.46. The number of fused-ring (bicyclic) bond motifs is 1. The van der Waals surface area contributed by atoms with E-state index in [1.807, 2.05) is 0 Å². The third-order valence-corrected chi connectivity index (χ3v) is 5.59. The molecule has 0 radical (unpaired) electrons. The molecule has 3 aliphatic carbocycles. The van der Waals surface area contributed by atoms with Gasteiger partial charge in [-0.05, 0) is 74.5 Å². The van der Waals surface area contributed by atoms with Crippen LogP contribution >= 0.6 is 0 Å². The molecular formula is C17H26O2. The fourth-order valence-corrected chi connectivity index (χ4v) is 5.01. The molecule has 2 heteroatoms. The van der Waals surface area contributed by atoms with Gasteiger partial charge in [-0.3, -0.25) is 4.79 Å². The minimum Gasteiger partial charge on any atom is -0.468 e. The first-order chi connectivity index (χ1) is 9.18. The minimum absolute atomic E-state index is 0.464. The molecule has 0 spiro atoms.